The van der Waals surface area contributed by atoms with E-state index in [1.165, 1.54) is 6.92 Å². The fraction of sp³-hybridized carbons (Fsp3) is 0.467. The molecule has 1 amide bonds. The van der Waals surface area contributed by atoms with Gasteiger partial charge in [0.25, 0.3) is 5.91 Å². The molecule has 2 aliphatic rings. The summed E-state index contributed by atoms with van der Waals surface area (Å²) in [5.74, 6) is 1.34. The topological polar surface area (TPSA) is 49.4 Å². The Morgan fingerprint density at radius 1 is 1.05 bits per heavy atom. The zero-order valence-corrected chi connectivity index (χ0v) is 11.1. The van der Waals surface area contributed by atoms with Crippen LogP contribution in [0.4, 0.5) is 0 Å². The summed E-state index contributed by atoms with van der Waals surface area (Å²) in [6.45, 7) is 5.29. The van der Waals surface area contributed by atoms with Crippen LogP contribution in [0, 0.1) is 11.8 Å². The minimum absolute atomic E-state index is 0.0285. The smallest absolute Gasteiger partial charge is 0.253 e. The van der Waals surface area contributed by atoms with Crippen LogP contribution in [-0.2, 0) is 0 Å². The highest BCUT2D eigenvalue weighted by atomic mass is 16.2. The molecule has 0 radical (unpaired) electrons. The Bertz CT molecular complexity index is 497. The summed E-state index contributed by atoms with van der Waals surface area (Å²) in [6, 6.07) is 6.97. The van der Waals surface area contributed by atoms with Gasteiger partial charge in [0, 0.05) is 37.3 Å². The van der Waals surface area contributed by atoms with Gasteiger partial charge < -0.3 is 10.2 Å². The van der Waals surface area contributed by atoms with E-state index in [0.717, 1.165) is 26.2 Å². The molecule has 2 atom stereocenters. The van der Waals surface area contributed by atoms with E-state index < -0.39 is 0 Å². The second-order valence-electron chi connectivity index (χ2n) is 5.52. The lowest BCUT2D eigenvalue weighted by Crippen LogP contribution is -2.31. The van der Waals surface area contributed by atoms with Gasteiger partial charge in [0.1, 0.15) is 0 Å². The Balaban J connectivity index is 1.72. The molecular formula is C15H18N2O2. The fourth-order valence-corrected chi connectivity index (χ4v) is 3.05. The highest BCUT2D eigenvalue weighted by Gasteiger charge is 2.38. The first-order chi connectivity index (χ1) is 9.15. The van der Waals surface area contributed by atoms with E-state index in [9.17, 15) is 9.59 Å². The number of fused-ring (bicyclic) bond motifs is 1. The largest absolute Gasteiger partial charge is 0.338 e. The summed E-state index contributed by atoms with van der Waals surface area (Å²) in [7, 11) is 0. The minimum atomic E-state index is 0.0285. The normalized spacial score (nSPS) is 25.4. The van der Waals surface area contributed by atoms with Crippen LogP contribution in [0.15, 0.2) is 24.3 Å². The predicted molar refractivity (Wildman–Crippen MR) is 72.2 cm³/mol. The fourth-order valence-electron chi connectivity index (χ4n) is 3.05. The molecular weight excluding hydrogens is 240 g/mol. The third-order valence-corrected chi connectivity index (χ3v) is 4.22. The highest BCUT2D eigenvalue weighted by Crippen LogP contribution is 2.27. The molecule has 1 aromatic rings. The molecule has 3 rings (SSSR count). The average Bonchev–Trinajstić information content (AvgIpc) is 2.98. The quantitative estimate of drug-likeness (QED) is 0.810. The van der Waals surface area contributed by atoms with E-state index in [4.69, 9.17) is 0 Å². The van der Waals surface area contributed by atoms with Crippen LogP contribution in [-0.4, -0.2) is 42.8 Å². The third kappa shape index (κ3) is 2.28. The van der Waals surface area contributed by atoms with E-state index >= 15 is 0 Å². The summed E-state index contributed by atoms with van der Waals surface area (Å²) in [5.41, 5.74) is 1.33. The van der Waals surface area contributed by atoms with Crippen molar-refractivity contribution in [1.29, 1.82) is 0 Å². The van der Waals surface area contributed by atoms with Gasteiger partial charge in [-0.25, -0.2) is 0 Å². The highest BCUT2D eigenvalue weighted by molar-refractivity contribution is 5.97. The molecule has 4 nitrogen and oxygen atoms in total. The first-order valence-electron chi connectivity index (χ1n) is 6.76. The SMILES string of the molecule is CC(=O)c1ccc(C(=O)N2C[C@H]3CNC[C@H]3C2)cc1. The molecule has 0 bridgehead atoms. The standard InChI is InChI=1S/C15H18N2O2/c1-10(18)11-2-4-12(5-3-11)15(19)17-8-13-6-16-7-14(13)9-17/h2-5,13-14,16H,6-9H2,1H3/t13-,14+. The molecule has 0 spiro atoms. The van der Waals surface area contributed by atoms with Crippen molar-refractivity contribution in [2.45, 2.75) is 6.92 Å². The summed E-state index contributed by atoms with van der Waals surface area (Å²) in [6.07, 6.45) is 0. The first-order valence-corrected chi connectivity index (χ1v) is 6.76. The molecule has 19 heavy (non-hydrogen) atoms. The van der Waals surface area contributed by atoms with Crippen LogP contribution < -0.4 is 5.32 Å². The maximum atomic E-state index is 12.4. The molecule has 2 fully saturated rings. The average molecular weight is 258 g/mol. The number of benzene rings is 1. The summed E-state index contributed by atoms with van der Waals surface area (Å²) < 4.78 is 0. The van der Waals surface area contributed by atoms with E-state index in [0.29, 0.717) is 23.0 Å². The lowest BCUT2D eigenvalue weighted by molar-refractivity contribution is 0.0781. The van der Waals surface area contributed by atoms with Crippen LogP contribution in [0.2, 0.25) is 0 Å². The lowest BCUT2D eigenvalue weighted by Gasteiger charge is -2.17. The second-order valence-corrected chi connectivity index (χ2v) is 5.52. The molecule has 100 valence electrons. The molecule has 0 aromatic heterocycles. The van der Waals surface area contributed by atoms with Gasteiger partial charge in [-0.05, 0) is 30.9 Å². The summed E-state index contributed by atoms with van der Waals surface area (Å²) in [5, 5.41) is 3.37. The van der Waals surface area contributed by atoms with Crippen molar-refractivity contribution in [1.82, 2.24) is 10.2 Å². The molecule has 0 unspecified atom stereocenters. The number of hydrogen-bond acceptors (Lipinski definition) is 3. The maximum absolute atomic E-state index is 12.4. The van der Waals surface area contributed by atoms with Gasteiger partial charge in [-0.15, -0.1) is 0 Å². The molecule has 4 heteroatoms. The van der Waals surface area contributed by atoms with E-state index in [2.05, 4.69) is 5.32 Å². The Morgan fingerprint density at radius 2 is 1.58 bits per heavy atom. The van der Waals surface area contributed by atoms with Crippen LogP contribution in [0.1, 0.15) is 27.6 Å². The molecule has 0 saturated carbocycles. The van der Waals surface area contributed by atoms with Gasteiger partial charge in [0.2, 0.25) is 0 Å². The van der Waals surface area contributed by atoms with Crippen LogP contribution >= 0.6 is 0 Å². The molecule has 1 aromatic carbocycles. The molecule has 2 aliphatic heterocycles. The lowest BCUT2D eigenvalue weighted by atomic mass is 10.0. The van der Waals surface area contributed by atoms with Gasteiger partial charge in [-0.2, -0.15) is 0 Å². The Labute approximate surface area is 112 Å². The van der Waals surface area contributed by atoms with Crippen LogP contribution in [0.5, 0.6) is 0 Å². The zero-order valence-electron chi connectivity index (χ0n) is 11.1. The number of carbonyl (C=O) groups excluding carboxylic acids is 2. The van der Waals surface area contributed by atoms with E-state index in [-0.39, 0.29) is 11.7 Å². The van der Waals surface area contributed by atoms with Crippen LogP contribution in [0.3, 0.4) is 0 Å². The van der Waals surface area contributed by atoms with Crippen LogP contribution in [0.25, 0.3) is 0 Å². The zero-order chi connectivity index (χ0) is 13.4. The summed E-state index contributed by atoms with van der Waals surface area (Å²) in [4.78, 5) is 25.5. The van der Waals surface area contributed by atoms with Crippen molar-refractivity contribution in [3.8, 4) is 0 Å². The Hall–Kier alpha value is -1.68. The summed E-state index contributed by atoms with van der Waals surface area (Å²) >= 11 is 0. The van der Waals surface area contributed by atoms with Gasteiger partial charge >= 0.3 is 0 Å². The number of ketones is 1. The number of nitrogens with zero attached hydrogens (tertiary/aromatic N) is 1. The Morgan fingerprint density at radius 3 is 2.11 bits per heavy atom. The van der Waals surface area contributed by atoms with Crippen molar-refractivity contribution in [3.63, 3.8) is 0 Å². The maximum Gasteiger partial charge on any atom is 0.253 e. The van der Waals surface area contributed by atoms with Gasteiger partial charge in [-0.1, -0.05) is 12.1 Å². The number of amides is 1. The third-order valence-electron chi connectivity index (χ3n) is 4.22. The van der Waals surface area contributed by atoms with Gasteiger partial charge in [0.05, 0.1) is 0 Å². The second kappa shape index (κ2) is 4.78. The number of rotatable bonds is 2. The van der Waals surface area contributed by atoms with E-state index in [1.807, 2.05) is 4.90 Å². The molecule has 2 heterocycles. The van der Waals surface area contributed by atoms with Crippen molar-refractivity contribution in [2.75, 3.05) is 26.2 Å². The van der Waals surface area contributed by atoms with Crippen molar-refractivity contribution >= 4 is 11.7 Å². The minimum Gasteiger partial charge on any atom is -0.338 e. The predicted octanol–water partition coefficient (Wildman–Crippen LogP) is 1.18. The number of carbonyl (C=O) groups is 2. The molecule has 1 N–H and O–H groups in total. The van der Waals surface area contributed by atoms with E-state index in [1.54, 1.807) is 24.3 Å². The monoisotopic (exact) mass is 258 g/mol. The number of nitrogens with one attached hydrogen (secondary N) is 1. The number of hydrogen-bond donors (Lipinski definition) is 1. The number of likely N-dealkylation sites (tertiary alicyclic amines) is 1. The Kier molecular flexibility index (Phi) is 3.11. The van der Waals surface area contributed by atoms with Gasteiger partial charge in [-0.3, -0.25) is 9.59 Å². The van der Waals surface area contributed by atoms with Crippen molar-refractivity contribution in [2.24, 2.45) is 11.8 Å². The van der Waals surface area contributed by atoms with Crippen molar-refractivity contribution in [3.05, 3.63) is 35.4 Å². The van der Waals surface area contributed by atoms with Crippen molar-refractivity contribution < 1.29 is 9.59 Å². The first kappa shape index (κ1) is 12.4. The number of Topliss-reactive ketones (excluding diaryl/α,β-unsaturated/α-hetero) is 1. The molecule has 0 aliphatic carbocycles. The van der Waals surface area contributed by atoms with Gasteiger partial charge in [0.15, 0.2) is 5.78 Å². The molecule has 2 saturated heterocycles.